The van der Waals surface area contributed by atoms with E-state index in [1.165, 1.54) is 12.1 Å². The monoisotopic (exact) mass is 280 g/mol. The number of hydrogen-bond donors (Lipinski definition) is 1. The Hall–Kier alpha value is -0.750. The third-order valence-electron chi connectivity index (χ3n) is 2.25. The first kappa shape index (κ1) is 17.2. The molecule has 0 unspecified atom stereocenters. The quantitative estimate of drug-likeness (QED) is 0.774. The van der Waals surface area contributed by atoms with Crippen molar-refractivity contribution in [1.82, 2.24) is 4.90 Å². The summed E-state index contributed by atoms with van der Waals surface area (Å²) in [5.41, 5.74) is 5.89. The summed E-state index contributed by atoms with van der Waals surface area (Å²) < 4.78 is 31.1. The topological polar surface area (TPSA) is 38.5 Å². The van der Waals surface area contributed by atoms with Gasteiger partial charge in [0.25, 0.3) is 0 Å². The second-order valence-electron chi connectivity index (χ2n) is 3.92. The molecule has 0 spiro atoms. The Bertz CT molecular complexity index is 333. The lowest BCUT2D eigenvalue weighted by Crippen LogP contribution is -2.24. The molecule has 2 N–H and O–H groups in total. The minimum absolute atomic E-state index is 0. The number of benzene rings is 1. The molecule has 0 amide bonds. The minimum Gasteiger partial charge on any atom is -0.379 e. The maximum atomic E-state index is 12.9. The van der Waals surface area contributed by atoms with E-state index in [0.717, 1.165) is 6.07 Å². The van der Waals surface area contributed by atoms with Crippen LogP contribution in [-0.4, -0.2) is 38.3 Å². The molecule has 0 heterocycles. The number of halogens is 3. The van der Waals surface area contributed by atoms with Gasteiger partial charge in [-0.15, -0.1) is 12.4 Å². The van der Waals surface area contributed by atoms with Gasteiger partial charge in [-0.05, 0) is 24.7 Å². The largest absolute Gasteiger partial charge is 0.379 e. The summed E-state index contributed by atoms with van der Waals surface area (Å²) >= 11 is 0. The second kappa shape index (κ2) is 9.22. The fraction of sp³-hybridized carbons (Fsp3) is 0.500. The van der Waals surface area contributed by atoms with Crippen LogP contribution < -0.4 is 5.73 Å². The van der Waals surface area contributed by atoms with Gasteiger partial charge >= 0.3 is 0 Å². The summed E-state index contributed by atoms with van der Waals surface area (Å²) in [6, 6.07) is 3.54. The molecule has 0 saturated carbocycles. The summed E-state index contributed by atoms with van der Waals surface area (Å²) in [6.07, 6.45) is 0. The fourth-order valence-corrected chi connectivity index (χ4v) is 1.50. The van der Waals surface area contributed by atoms with Crippen LogP contribution in [0.1, 0.15) is 5.56 Å². The Morgan fingerprint density at radius 3 is 2.33 bits per heavy atom. The Morgan fingerprint density at radius 1 is 1.17 bits per heavy atom. The first-order valence-electron chi connectivity index (χ1n) is 5.53. The third-order valence-corrected chi connectivity index (χ3v) is 2.25. The van der Waals surface area contributed by atoms with Crippen LogP contribution in [-0.2, 0) is 11.3 Å². The van der Waals surface area contributed by atoms with Crippen LogP contribution in [0.25, 0.3) is 0 Å². The highest BCUT2D eigenvalue weighted by Crippen LogP contribution is 2.09. The Kier molecular flexibility index (Phi) is 8.83. The van der Waals surface area contributed by atoms with Gasteiger partial charge in [0.1, 0.15) is 11.6 Å². The van der Waals surface area contributed by atoms with Crippen LogP contribution in [0.15, 0.2) is 18.2 Å². The SMILES string of the molecule is CN(CCOCCN)Cc1cc(F)cc(F)c1.Cl. The van der Waals surface area contributed by atoms with Crippen LogP contribution in [0.5, 0.6) is 0 Å². The summed E-state index contributed by atoms with van der Waals surface area (Å²) in [7, 11) is 1.87. The van der Waals surface area contributed by atoms with Crippen LogP contribution in [0.4, 0.5) is 8.78 Å². The Balaban J connectivity index is 0.00000289. The van der Waals surface area contributed by atoms with E-state index in [2.05, 4.69) is 0 Å². The zero-order valence-corrected chi connectivity index (χ0v) is 11.2. The normalized spacial score (nSPS) is 10.5. The molecule has 3 nitrogen and oxygen atoms in total. The van der Waals surface area contributed by atoms with Crippen molar-refractivity contribution in [2.45, 2.75) is 6.54 Å². The first-order chi connectivity index (χ1) is 8.11. The van der Waals surface area contributed by atoms with E-state index in [0.29, 0.717) is 38.4 Å². The van der Waals surface area contributed by atoms with Crippen molar-refractivity contribution in [3.63, 3.8) is 0 Å². The minimum atomic E-state index is -0.548. The molecular weight excluding hydrogens is 262 g/mol. The lowest BCUT2D eigenvalue weighted by atomic mass is 10.2. The maximum absolute atomic E-state index is 12.9. The van der Waals surface area contributed by atoms with E-state index in [1.54, 1.807) is 0 Å². The van der Waals surface area contributed by atoms with E-state index in [4.69, 9.17) is 10.5 Å². The predicted octanol–water partition coefficient (Wildman–Crippen LogP) is 1.79. The molecule has 1 rings (SSSR count). The number of likely N-dealkylation sites (N-methyl/N-ethyl adjacent to an activating group) is 1. The van der Waals surface area contributed by atoms with Crippen molar-refractivity contribution >= 4 is 12.4 Å². The maximum Gasteiger partial charge on any atom is 0.126 e. The highest BCUT2D eigenvalue weighted by atomic mass is 35.5. The summed E-state index contributed by atoms with van der Waals surface area (Å²) in [5.74, 6) is -1.10. The summed E-state index contributed by atoms with van der Waals surface area (Å²) in [6.45, 7) is 2.77. The molecule has 0 saturated heterocycles. The smallest absolute Gasteiger partial charge is 0.126 e. The first-order valence-corrected chi connectivity index (χ1v) is 5.53. The lowest BCUT2D eigenvalue weighted by Gasteiger charge is -2.16. The Morgan fingerprint density at radius 2 is 1.78 bits per heavy atom. The van der Waals surface area contributed by atoms with Gasteiger partial charge in [0.05, 0.1) is 13.2 Å². The van der Waals surface area contributed by atoms with Gasteiger partial charge in [0.2, 0.25) is 0 Å². The molecule has 6 heteroatoms. The molecular formula is C12H19ClF2N2O. The molecule has 0 aliphatic carbocycles. The standard InChI is InChI=1S/C12H18F2N2O.ClH/c1-16(3-5-17-4-2-15)9-10-6-11(13)8-12(14)7-10;/h6-8H,2-5,9,15H2,1H3;1H. The molecule has 0 fully saturated rings. The lowest BCUT2D eigenvalue weighted by molar-refractivity contribution is 0.115. The van der Waals surface area contributed by atoms with E-state index in [-0.39, 0.29) is 12.4 Å². The predicted molar refractivity (Wildman–Crippen MR) is 69.8 cm³/mol. The number of rotatable bonds is 7. The van der Waals surface area contributed by atoms with Crippen molar-refractivity contribution in [3.8, 4) is 0 Å². The second-order valence-corrected chi connectivity index (χ2v) is 3.92. The highest BCUT2D eigenvalue weighted by Gasteiger charge is 2.04. The van der Waals surface area contributed by atoms with Gasteiger partial charge in [0, 0.05) is 25.7 Å². The molecule has 1 aromatic rings. The van der Waals surface area contributed by atoms with Crippen molar-refractivity contribution in [1.29, 1.82) is 0 Å². The van der Waals surface area contributed by atoms with Crippen molar-refractivity contribution in [2.75, 3.05) is 33.4 Å². The fourth-order valence-electron chi connectivity index (χ4n) is 1.50. The van der Waals surface area contributed by atoms with Gasteiger partial charge < -0.3 is 10.5 Å². The number of ether oxygens (including phenoxy) is 1. The molecule has 18 heavy (non-hydrogen) atoms. The third kappa shape index (κ3) is 6.86. The van der Waals surface area contributed by atoms with Crippen LogP contribution >= 0.6 is 12.4 Å². The van der Waals surface area contributed by atoms with Gasteiger partial charge in [-0.2, -0.15) is 0 Å². The van der Waals surface area contributed by atoms with Crippen molar-refractivity contribution in [3.05, 3.63) is 35.4 Å². The van der Waals surface area contributed by atoms with E-state index in [1.807, 2.05) is 11.9 Å². The molecule has 104 valence electrons. The Labute approximate surface area is 112 Å². The molecule has 0 bridgehead atoms. The van der Waals surface area contributed by atoms with Crippen molar-refractivity contribution < 1.29 is 13.5 Å². The highest BCUT2D eigenvalue weighted by molar-refractivity contribution is 5.85. The average Bonchev–Trinajstić information content (AvgIpc) is 2.23. The number of hydrogen-bond acceptors (Lipinski definition) is 3. The van der Waals surface area contributed by atoms with E-state index in [9.17, 15) is 8.78 Å². The molecule has 0 aliphatic heterocycles. The summed E-state index contributed by atoms with van der Waals surface area (Å²) in [4.78, 5) is 1.94. The van der Waals surface area contributed by atoms with Crippen LogP contribution in [0.3, 0.4) is 0 Å². The molecule has 0 aliphatic rings. The van der Waals surface area contributed by atoms with Gasteiger partial charge in [0.15, 0.2) is 0 Å². The van der Waals surface area contributed by atoms with E-state index >= 15 is 0 Å². The molecule has 0 aromatic heterocycles. The zero-order chi connectivity index (χ0) is 12.7. The molecule has 1 aromatic carbocycles. The van der Waals surface area contributed by atoms with Crippen molar-refractivity contribution in [2.24, 2.45) is 5.73 Å². The van der Waals surface area contributed by atoms with Crippen LogP contribution in [0.2, 0.25) is 0 Å². The van der Waals surface area contributed by atoms with Crippen LogP contribution in [0, 0.1) is 11.6 Å². The average molecular weight is 281 g/mol. The zero-order valence-electron chi connectivity index (χ0n) is 10.4. The molecule has 0 atom stereocenters. The van der Waals surface area contributed by atoms with Gasteiger partial charge in [-0.1, -0.05) is 0 Å². The molecule has 0 radical (unpaired) electrons. The van der Waals surface area contributed by atoms with Gasteiger partial charge in [-0.25, -0.2) is 8.78 Å². The van der Waals surface area contributed by atoms with E-state index < -0.39 is 11.6 Å². The number of nitrogens with zero attached hydrogens (tertiary/aromatic N) is 1. The number of nitrogens with two attached hydrogens (primary N) is 1. The summed E-state index contributed by atoms with van der Waals surface area (Å²) in [5, 5.41) is 0. The van der Waals surface area contributed by atoms with Gasteiger partial charge in [-0.3, -0.25) is 4.90 Å².